The van der Waals surface area contributed by atoms with Gasteiger partial charge < -0.3 is 5.32 Å². The zero-order valence-electron chi connectivity index (χ0n) is 16.8. The first kappa shape index (κ1) is 22.1. The Labute approximate surface area is 194 Å². The predicted octanol–water partition coefficient (Wildman–Crippen LogP) is 4.39. The lowest BCUT2D eigenvalue weighted by Gasteiger charge is -2.23. The molecule has 2 aliphatic rings. The molecule has 1 unspecified atom stereocenters. The van der Waals surface area contributed by atoms with Gasteiger partial charge in [0.2, 0.25) is 5.91 Å². The van der Waals surface area contributed by atoms with Crippen LogP contribution in [0.25, 0.3) is 6.08 Å². The summed E-state index contributed by atoms with van der Waals surface area (Å²) in [5, 5.41) is 5.08. The second-order valence-corrected chi connectivity index (χ2v) is 9.73. The number of amides is 3. The summed E-state index contributed by atoms with van der Waals surface area (Å²) in [5.41, 5.74) is 0.689. The van der Waals surface area contributed by atoms with E-state index in [0.717, 1.165) is 36.0 Å². The quantitative estimate of drug-likeness (QED) is 0.601. The number of hydrogen-bond donors (Lipinski definition) is 1. The molecule has 2 aliphatic heterocycles. The Morgan fingerprint density at radius 2 is 2.06 bits per heavy atom. The maximum Gasteiger partial charge on any atom is 0.293 e. The van der Waals surface area contributed by atoms with Crippen molar-refractivity contribution < 1.29 is 14.4 Å². The molecule has 0 aliphatic carbocycles. The summed E-state index contributed by atoms with van der Waals surface area (Å²) in [6.07, 6.45) is 3.76. The van der Waals surface area contributed by atoms with Crippen molar-refractivity contribution >= 4 is 57.8 Å². The number of rotatable bonds is 7. The van der Waals surface area contributed by atoms with Crippen LogP contribution in [0.15, 0.2) is 46.7 Å². The van der Waals surface area contributed by atoms with Gasteiger partial charge in [0.15, 0.2) is 0 Å². The third kappa shape index (κ3) is 5.20. The lowest BCUT2D eigenvalue weighted by Crippen LogP contribution is -2.41. The van der Waals surface area contributed by atoms with Gasteiger partial charge in [0, 0.05) is 29.0 Å². The van der Waals surface area contributed by atoms with Gasteiger partial charge in [-0.2, -0.15) is 0 Å². The van der Waals surface area contributed by atoms with E-state index in [9.17, 15) is 14.4 Å². The molecule has 1 atom stereocenters. The Morgan fingerprint density at radius 3 is 2.84 bits per heavy atom. The molecule has 2 fully saturated rings. The van der Waals surface area contributed by atoms with Crippen LogP contribution in [-0.4, -0.2) is 53.0 Å². The highest BCUT2D eigenvalue weighted by atomic mass is 35.5. The number of carbonyl (C=O) groups excluding carboxylic acids is 3. The number of thioether (sulfide) groups is 1. The maximum atomic E-state index is 12.6. The molecule has 3 amide bonds. The molecule has 0 bridgehead atoms. The molecule has 2 aromatic rings. The van der Waals surface area contributed by atoms with Crippen LogP contribution in [0.3, 0.4) is 0 Å². The molecule has 6 nitrogen and oxygen atoms in total. The van der Waals surface area contributed by atoms with E-state index in [-0.39, 0.29) is 30.1 Å². The standard InChI is InChI=1S/C22H22ClN3O3S2/c23-16-6-2-1-5-15(16)13-19-21(28)26(22(29)31-19)11-9-24-20(27)14-25-10-3-7-17(25)18-8-4-12-30-18/h1-2,4-6,8,12-13,17H,3,7,9-11,14H2,(H,24,27)/b19-13-. The van der Waals surface area contributed by atoms with Crippen LogP contribution in [0.5, 0.6) is 0 Å². The monoisotopic (exact) mass is 475 g/mol. The number of nitrogens with one attached hydrogen (secondary N) is 1. The highest BCUT2D eigenvalue weighted by Crippen LogP contribution is 2.34. The van der Waals surface area contributed by atoms with E-state index in [1.807, 2.05) is 12.1 Å². The van der Waals surface area contributed by atoms with E-state index >= 15 is 0 Å². The van der Waals surface area contributed by atoms with Crippen molar-refractivity contribution in [3.05, 3.63) is 62.1 Å². The van der Waals surface area contributed by atoms with Gasteiger partial charge in [-0.3, -0.25) is 24.2 Å². The Kier molecular flexibility index (Phi) is 7.12. The molecule has 0 radical (unpaired) electrons. The van der Waals surface area contributed by atoms with E-state index in [4.69, 9.17) is 11.6 Å². The molecule has 2 saturated heterocycles. The number of halogens is 1. The molecule has 31 heavy (non-hydrogen) atoms. The maximum absolute atomic E-state index is 12.6. The molecular formula is C22H22ClN3O3S2. The zero-order valence-corrected chi connectivity index (χ0v) is 19.1. The number of likely N-dealkylation sites (tertiary alicyclic amines) is 1. The normalized spacial score (nSPS) is 20.7. The molecule has 3 heterocycles. The van der Waals surface area contributed by atoms with Crippen molar-refractivity contribution in [2.45, 2.75) is 18.9 Å². The highest BCUT2D eigenvalue weighted by molar-refractivity contribution is 8.18. The van der Waals surface area contributed by atoms with E-state index in [0.29, 0.717) is 28.1 Å². The van der Waals surface area contributed by atoms with E-state index in [1.54, 1.807) is 35.6 Å². The lowest BCUT2D eigenvalue weighted by molar-refractivity contribution is -0.124. The van der Waals surface area contributed by atoms with Crippen LogP contribution in [0.1, 0.15) is 29.3 Å². The van der Waals surface area contributed by atoms with Crippen LogP contribution < -0.4 is 5.32 Å². The third-order valence-electron chi connectivity index (χ3n) is 5.30. The fourth-order valence-corrected chi connectivity index (χ4v) is 5.73. The molecule has 4 rings (SSSR count). The van der Waals surface area contributed by atoms with Gasteiger partial charge in [-0.25, -0.2) is 0 Å². The van der Waals surface area contributed by atoms with Crippen molar-refractivity contribution in [3.63, 3.8) is 0 Å². The van der Waals surface area contributed by atoms with Gasteiger partial charge in [0.1, 0.15) is 0 Å². The molecule has 0 saturated carbocycles. The van der Waals surface area contributed by atoms with Crippen molar-refractivity contribution in [2.24, 2.45) is 0 Å². The van der Waals surface area contributed by atoms with Crippen LogP contribution in [0, 0.1) is 0 Å². The zero-order chi connectivity index (χ0) is 21.8. The summed E-state index contributed by atoms with van der Waals surface area (Å²) in [6, 6.07) is 11.6. The Balaban J connectivity index is 1.28. The van der Waals surface area contributed by atoms with Crippen molar-refractivity contribution in [3.8, 4) is 0 Å². The van der Waals surface area contributed by atoms with Gasteiger partial charge in [0.25, 0.3) is 11.1 Å². The molecule has 162 valence electrons. The van der Waals surface area contributed by atoms with Crippen LogP contribution in [0.4, 0.5) is 4.79 Å². The first-order valence-electron chi connectivity index (χ1n) is 10.1. The predicted molar refractivity (Wildman–Crippen MR) is 125 cm³/mol. The van der Waals surface area contributed by atoms with Gasteiger partial charge in [-0.1, -0.05) is 35.9 Å². The number of thiophene rings is 1. The first-order chi connectivity index (χ1) is 15.0. The summed E-state index contributed by atoms with van der Waals surface area (Å²) in [5.74, 6) is -0.455. The van der Waals surface area contributed by atoms with Crippen LogP contribution in [0.2, 0.25) is 5.02 Å². The minimum atomic E-state index is -0.360. The van der Waals surface area contributed by atoms with Crippen LogP contribution in [-0.2, 0) is 9.59 Å². The SMILES string of the molecule is O=C(CN1CCCC1c1cccs1)NCCN1C(=O)S/C(=C\c2ccccc2Cl)C1=O. The Hall–Kier alpha value is -2.13. The van der Waals surface area contributed by atoms with Crippen molar-refractivity contribution in [1.29, 1.82) is 0 Å². The third-order valence-corrected chi connectivity index (χ3v) is 7.53. The first-order valence-corrected chi connectivity index (χ1v) is 12.1. The second-order valence-electron chi connectivity index (χ2n) is 7.35. The molecule has 9 heteroatoms. The Morgan fingerprint density at radius 1 is 1.23 bits per heavy atom. The molecule has 1 aromatic heterocycles. The van der Waals surface area contributed by atoms with E-state index < -0.39 is 0 Å². The minimum Gasteiger partial charge on any atom is -0.353 e. The average Bonchev–Trinajstić information content (AvgIpc) is 3.47. The number of hydrogen-bond acceptors (Lipinski definition) is 6. The van der Waals surface area contributed by atoms with E-state index in [1.165, 1.54) is 4.88 Å². The number of nitrogens with zero attached hydrogens (tertiary/aromatic N) is 2. The number of imide groups is 1. The van der Waals surface area contributed by atoms with Crippen molar-refractivity contribution in [1.82, 2.24) is 15.1 Å². The summed E-state index contributed by atoms with van der Waals surface area (Å²) < 4.78 is 0. The summed E-state index contributed by atoms with van der Waals surface area (Å²) >= 11 is 8.75. The minimum absolute atomic E-state index is 0.0953. The van der Waals surface area contributed by atoms with Crippen LogP contribution >= 0.6 is 34.7 Å². The Bertz CT molecular complexity index is 1010. The lowest BCUT2D eigenvalue weighted by atomic mass is 10.2. The van der Waals surface area contributed by atoms with E-state index in [2.05, 4.69) is 21.7 Å². The molecule has 1 aromatic carbocycles. The molecular weight excluding hydrogens is 454 g/mol. The smallest absolute Gasteiger partial charge is 0.293 e. The molecule has 1 N–H and O–H groups in total. The van der Waals surface area contributed by atoms with Crippen molar-refractivity contribution in [2.75, 3.05) is 26.2 Å². The topological polar surface area (TPSA) is 69.7 Å². The fraction of sp³-hybridized carbons (Fsp3) is 0.318. The van der Waals surface area contributed by atoms with Gasteiger partial charge in [0.05, 0.1) is 11.4 Å². The summed E-state index contributed by atoms with van der Waals surface area (Å²) in [6.45, 7) is 1.58. The summed E-state index contributed by atoms with van der Waals surface area (Å²) in [7, 11) is 0. The summed E-state index contributed by atoms with van der Waals surface area (Å²) in [4.78, 5) is 42.3. The van der Waals surface area contributed by atoms with Gasteiger partial charge in [-0.05, 0) is 60.3 Å². The second kappa shape index (κ2) is 9.99. The largest absolute Gasteiger partial charge is 0.353 e. The van der Waals surface area contributed by atoms with Gasteiger partial charge in [-0.15, -0.1) is 11.3 Å². The highest BCUT2D eigenvalue weighted by Gasteiger charge is 2.35. The van der Waals surface area contributed by atoms with Gasteiger partial charge >= 0.3 is 0 Å². The average molecular weight is 476 g/mol. The fourth-order valence-electron chi connectivity index (χ4n) is 3.79. The number of benzene rings is 1. The molecule has 0 spiro atoms. The number of carbonyl (C=O) groups is 3.